The summed E-state index contributed by atoms with van der Waals surface area (Å²) in [5.41, 5.74) is -0.687. The van der Waals surface area contributed by atoms with Crippen LogP contribution in [0.25, 0.3) is 0 Å². The van der Waals surface area contributed by atoms with Crippen molar-refractivity contribution in [3.05, 3.63) is 63.0 Å². The van der Waals surface area contributed by atoms with Gasteiger partial charge in [-0.15, -0.1) is 11.3 Å². The Kier molecular flexibility index (Phi) is 3.60. The molecule has 0 saturated heterocycles. The molecule has 0 spiro atoms. The number of carbonyl (C=O) groups excluding carboxylic acids is 1. The number of nitrogens with one attached hydrogen (secondary N) is 1. The lowest BCUT2D eigenvalue weighted by molar-refractivity contribution is -0.633. The Labute approximate surface area is 206 Å². The standard InChI is InChI=1S/C25H18F3N3O4S/c1-2-35-22(32)9-18(7-3-4-8(26)17(28)16(7)27)30-20(21-29-5-6-36-21)31-19(9)24-10-13-11(24)15-12(24)14(10)25(13,15)23(33)34/h3-6,10-15,18H,2H2,1H3,(H,30,31)(H,33,34). The molecule has 184 valence electrons. The summed E-state index contributed by atoms with van der Waals surface area (Å²) in [5, 5.41) is 15.4. The van der Waals surface area contributed by atoms with Crippen LogP contribution in [-0.4, -0.2) is 34.5 Å². The summed E-state index contributed by atoms with van der Waals surface area (Å²) in [6.45, 7) is 1.71. The van der Waals surface area contributed by atoms with Crippen LogP contribution in [0.5, 0.6) is 0 Å². The van der Waals surface area contributed by atoms with Crippen LogP contribution in [-0.2, 0) is 14.3 Å². The number of rotatable bonds is 6. The maximum atomic E-state index is 15.1. The lowest BCUT2D eigenvalue weighted by Gasteiger charge is -3.10. The van der Waals surface area contributed by atoms with E-state index in [9.17, 15) is 23.5 Å². The zero-order valence-electron chi connectivity index (χ0n) is 18.7. The molecule has 1 atom stereocenters. The molecule has 2 aromatic rings. The number of aliphatic imine (C=N–C) groups is 1. The minimum Gasteiger partial charge on any atom is -0.481 e. The largest absolute Gasteiger partial charge is 0.481 e. The van der Waals surface area contributed by atoms with Gasteiger partial charge in [-0.1, -0.05) is 6.07 Å². The number of carboxylic acids is 1. The van der Waals surface area contributed by atoms with Crippen LogP contribution >= 0.6 is 11.3 Å². The maximum Gasteiger partial charge on any atom is 0.338 e. The molecule has 1 aliphatic heterocycles. The summed E-state index contributed by atoms with van der Waals surface area (Å²) < 4.78 is 48.5. The first kappa shape index (κ1) is 20.9. The van der Waals surface area contributed by atoms with Crippen molar-refractivity contribution in [2.45, 2.75) is 13.0 Å². The topological polar surface area (TPSA) is 101 Å². The first-order chi connectivity index (χ1) is 17.3. The Morgan fingerprint density at radius 1 is 1.11 bits per heavy atom. The molecule has 0 amide bonds. The maximum absolute atomic E-state index is 15.1. The van der Waals surface area contributed by atoms with E-state index in [-0.39, 0.29) is 53.3 Å². The first-order valence-electron chi connectivity index (χ1n) is 11.9. The molecule has 1 aromatic heterocycles. The van der Waals surface area contributed by atoms with E-state index >= 15 is 4.39 Å². The van der Waals surface area contributed by atoms with E-state index in [1.807, 2.05) is 0 Å². The van der Waals surface area contributed by atoms with Crippen molar-refractivity contribution in [2.24, 2.45) is 51.3 Å². The molecule has 7 nitrogen and oxygen atoms in total. The molecule has 9 rings (SSSR count). The molecule has 1 aromatic carbocycles. The van der Waals surface area contributed by atoms with Crippen LogP contribution in [0.15, 0.2) is 40.0 Å². The van der Waals surface area contributed by atoms with Crippen LogP contribution in [0.1, 0.15) is 23.5 Å². The number of aliphatic carboxylic acids is 1. The number of aromatic nitrogens is 1. The van der Waals surface area contributed by atoms with Gasteiger partial charge in [0.1, 0.15) is 6.04 Å². The average Bonchev–Trinajstić information content (AvgIpc) is 3.41. The average molecular weight is 513 g/mol. The van der Waals surface area contributed by atoms with E-state index in [1.54, 1.807) is 18.5 Å². The van der Waals surface area contributed by atoms with E-state index in [1.165, 1.54) is 11.3 Å². The molecule has 6 aliphatic carbocycles. The monoisotopic (exact) mass is 513 g/mol. The van der Waals surface area contributed by atoms with Crippen LogP contribution in [0, 0.1) is 63.8 Å². The van der Waals surface area contributed by atoms with Gasteiger partial charge in [-0.2, -0.15) is 0 Å². The molecule has 36 heavy (non-hydrogen) atoms. The summed E-state index contributed by atoms with van der Waals surface area (Å²) in [7, 11) is 0. The van der Waals surface area contributed by atoms with Crippen LogP contribution in [0.4, 0.5) is 13.2 Å². The Hall–Kier alpha value is -3.21. The van der Waals surface area contributed by atoms with Gasteiger partial charge < -0.3 is 15.2 Å². The summed E-state index contributed by atoms with van der Waals surface area (Å²) in [4.78, 5) is 34.3. The normalized spacial score (nSPS) is 41.4. The minimum absolute atomic E-state index is 0.0604. The molecular weight excluding hydrogens is 495 g/mol. The molecule has 6 saturated carbocycles. The fourth-order valence-corrected chi connectivity index (χ4v) is 9.78. The van der Waals surface area contributed by atoms with Crippen LogP contribution < -0.4 is 5.32 Å². The van der Waals surface area contributed by atoms with E-state index in [4.69, 9.17) is 4.74 Å². The Bertz CT molecular complexity index is 1430. The third-order valence-corrected chi connectivity index (χ3v) is 10.7. The van der Waals surface area contributed by atoms with Crippen molar-refractivity contribution in [3.8, 4) is 0 Å². The van der Waals surface area contributed by atoms with Crippen molar-refractivity contribution in [1.82, 2.24) is 10.3 Å². The highest BCUT2D eigenvalue weighted by molar-refractivity contribution is 7.11. The SMILES string of the molecule is CCOC(=O)C1=C(C23C4C5C2C2C3C4C52C(=O)O)NC(c2nccs2)=NC1c1ccc(F)c(F)c1F. The predicted molar refractivity (Wildman–Crippen MR) is 118 cm³/mol. The zero-order chi connectivity index (χ0) is 24.9. The smallest absolute Gasteiger partial charge is 0.338 e. The fourth-order valence-electron chi connectivity index (χ4n) is 9.19. The number of thiazole rings is 1. The molecular formula is C25H18F3N3O4S. The molecule has 2 N–H and O–H groups in total. The second kappa shape index (κ2) is 6.19. The second-order valence-corrected chi connectivity index (χ2v) is 11.3. The first-order valence-corrected chi connectivity index (χ1v) is 12.7. The van der Waals surface area contributed by atoms with Gasteiger partial charge >= 0.3 is 11.9 Å². The quantitative estimate of drug-likeness (QED) is 0.454. The van der Waals surface area contributed by atoms with Gasteiger partial charge in [-0.25, -0.2) is 22.9 Å². The highest BCUT2D eigenvalue weighted by Crippen LogP contribution is 3.11. The summed E-state index contributed by atoms with van der Waals surface area (Å²) in [6, 6.07) is 0.642. The van der Waals surface area contributed by atoms with Gasteiger partial charge in [0, 0.05) is 28.3 Å². The molecule has 2 heterocycles. The van der Waals surface area contributed by atoms with Gasteiger partial charge in [0.05, 0.1) is 17.6 Å². The van der Waals surface area contributed by atoms with Crippen molar-refractivity contribution < 1.29 is 32.6 Å². The molecule has 0 radical (unpaired) electrons. The van der Waals surface area contributed by atoms with Crippen LogP contribution in [0.3, 0.4) is 0 Å². The number of halogens is 3. The number of allylic oxidation sites excluding steroid dienone is 1. The Morgan fingerprint density at radius 3 is 2.39 bits per heavy atom. The highest BCUT2D eigenvalue weighted by atomic mass is 32.1. The number of ether oxygens (including phenoxy) is 1. The van der Waals surface area contributed by atoms with Gasteiger partial charge in [0.15, 0.2) is 28.3 Å². The third kappa shape index (κ3) is 1.78. The minimum atomic E-state index is -1.64. The number of hydrogen-bond acceptors (Lipinski definition) is 7. The number of esters is 1. The molecule has 11 heteroatoms. The Balaban J connectivity index is 1.31. The van der Waals surface area contributed by atoms with Crippen molar-refractivity contribution in [2.75, 3.05) is 6.61 Å². The van der Waals surface area contributed by atoms with Gasteiger partial charge in [0.2, 0.25) is 0 Å². The lowest BCUT2D eigenvalue weighted by atomic mass is 8.92. The number of benzene rings is 1. The number of amidine groups is 1. The Morgan fingerprint density at radius 2 is 1.81 bits per heavy atom. The highest BCUT2D eigenvalue weighted by Gasteiger charge is 3.12. The van der Waals surface area contributed by atoms with Gasteiger partial charge in [0.25, 0.3) is 0 Å². The molecule has 0 bridgehead atoms. The summed E-state index contributed by atoms with van der Waals surface area (Å²) in [5.74, 6) is -4.94. The van der Waals surface area contributed by atoms with E-state index in [0.29, 0.717) is 16.5 Å². The molecule has 1 unspecified atom stereocenters. The lowest BCUT2D eigenvalue weighted by Crippen LogP contribution is -3.11. The zero-order valence-corrected chi connectivity index (χ0v) is 19.5. The third-order valence-electron chi connectivity index (χ3n) is 9.97. The van der Waals surface area contributed by atoms with Crippen molar-refractivity contribution in [1.29, 1.82) is 0 Å². The predicted octanol–water partition coefficient (Wildman–Crippen LogP) is 3.29. The fraction of sp³-hybridized carbons (Fsp3) is 0.440. The van der Waals surface area contributed by atoms with Gasteiger partial charge in [-0.3, -0.25) is 9.79 Å². The molecule has 6 fully saturated rings. The van der Waals surface area contributed by atoms with E-state index in [2.05, 4.69) is 15.3 Å². The number of nitrogens with zero attached hydrogens (tertiary/aromatic N) is 2. The number of carbonyl (C=O) groups is 2. The summed E-state index contributed by atoms with van der Waals surface area (Å²) in [6.07, 6.45) is 1.59. The van der Waals surface area contributed by atoms with E-state index in [0.717, 1.165) is 12.1 Å². The van der Waals surface area contributed by atoms with Crippen LogP contribution in [0.2, 0.25) is 0 Å². The van der Waals surface area contributed by atoms with Gasteiger partial charge in [-0.05, 0) is 48.5 Å². The summed E-state index contributed by atoms with van der Waals surface area (Å²) >= 11 is 1.29. The van der Waals surface area contributed by atoms with E-state index < -0.39 is 46.3 Å². The second-order valence-electron chi connectivity index (χ2n) is 10.4. The molecule has 7 aliphatic rings. The van der Waals surface area contributed by atoms with Crippen molar-refractivity contribution in [3.63, 3.8) is 0 Å². The number of hydrogen-bond donors (Lipinski definition) is 2. The van der Waals surface area contributed by atoms with Crippen molar-refractivity contribution >= 4 is 29.1 Å². The number of carboxylic acid groups (broad SMARTS) is 1.